The van der Waals surface area contributed by atoms with Gasteiger partial charge in [0.15, 0.2) is 5.54 Å². The Labute approximate surface area is 183 Å². The third-order valence-electron chi connectivity index (χ3n) is 5.90. The molecule has 0 heterocycles. The molecule has 2 fully saturated rings. The summed E-state index contributed by atoms with van der Waals surface area (Å²) in [4.78, 5) is 37.2. The summed E-state index contributed by atoms with van der Waals surface area (Å²) in [5.74, 6) is -6.74. The van der Waals surface area contributed by atoms with Crippen molar-refractivity contribution in [1.82, 2.24) is 5.32 Å². The number of aliphatic carboxylic acids is 2. The number of aryl methyl sites for hydroxylation is 1. The van der Waals surface area contributed by atoms with Crippen LogP contribution in [0, 0.1) is 36.4 Å². The number of alkyl carbamates (subject to hydrolysis) is 1. The van der Waals surface area contributed by atoms with E-state index in [1.807, 2.05) is 0 Å². The van der Waals surface area contributed by atoms with E-state index in [1.54, 1.807) is 39.8 Å². The molecule has 1 aromatic rings. The average Bonchev–Trinajstić information content (AvgIpc) is 3.32. The van der Waals surface area contributed by atoms with Gasteiger partial charge in [-0.15, -0.1) is 11.8 Å². The van der Waals surface area contributed by atoms with E-state index in [1.165, 1.54) is 17.8 Å². The van der Waals surface area contributed by atoms with E-state index in [4.69, 9.17) is 4.74 Å². The van der Waals surface area contributed by atoms with Crippen LogP contribution in [0.2, 0.25) is 0 Å². The number of hydrogen-bond acceptors (Lipinski definition) is 6. The highest BCUT2D eigenvalue weighted by atomic mass is 32.2. The van der Waals surface area contributed by atoms with Crippen LogP contribution in [0.1, 0.15) is 26.3 Å². The summed E-state index contributed by atoms with van der Waals surface area (Å²) in [5.41, 5.74) is -2.48. The van der Waals surface area contributed by atoms with Crippen molar-refractivity contribution in [1.29, 1.82) is 0 Å². The predicted molar refractivity (Wildman–Crippen MR) is 109 cm³/mol. The van der Waals surface area contributed by atoms with E-state index in [-0.39, 0.29) is 11.6 Å². The third kappa shape index (κ3) is 4.23. The maximum Gasteiger partial charge on any atom is 0.408 e. The molecule has 4 N–H and O–H groups in total. The van der Waals surface area contributed by atoms with Crippen molar-refractivity contribution >= 4 is 29.8 Å². The number of carbonyl (C=O) groups is 3. The van der Waals surface area contributed by atoms with Crippen LogP contribution in [0.15, 0.2) is 23.1 Å². The monoisotopic (exact) mass is 455 g/mol. The van der Waals surface area contributed by atoms with Gasteiger partial charge in [0.1, 0.15) is 11.4 Å². The molecule has 8 nitrogen and oxygen atoms in total. The van der Waals surface area contributed by atoms with Crippen molar-refractivity contribution in [3.63, 3.8) is 0 Å². The Morgan fingerprint density at radius 3 is 2.42 bits per heavy atom. The van der Waals surface area contributed by atoms with E-state index in [9.17, 15) is 34.1 Å². The molecule has 6 atom stereocenters. The minimum Gasteiger partial charge on any atom is -0.481 e. The summed E-state index contributed by atoms with van der Waals surface area (Å²) in [7, 11) is 0. The summed E-state index contributed by atoms with van der Waals surface area (Å²) in [6.07, 6.45) is -2.24. The first-order valence-electron chi connectivity index (χ1n) is 9.84. The van der Waals surface area contributed by atoms with Crippen molar-refractivity contribution in [2.75, 3.05) is 5.75 Å². The number of aliphatic hydroxyl groups is 1. The van der Waals surface area contributed by atoms with E-state index >= 15 is 0 Å². The number of benzene rings is 1. The fourth-order valence-electron chi connectivity index (χ4n) is 4.58. The largest absolute Gasteiger partial charge is 0.481 e. The van der Waals surface area contributed by atoms with Crippen molar-refractivity contribution < 1.29 is 38.8 Å². The molecule has 0 radical (unpaired) electrons. The van der Waals surface area contributed by atoms with Crippen LogP contribution in [-0.4, -0.2) is 56.3 Å². The smallest absolute Gasteiger partial charge is 0.408 e. The Bertz CT molecular complexity index is 917. The highest BCUT2D eigenvalue weighted by Gasteiger charge is 2.79. The highest BCUT2D eigenvalue weighted by molar-refractivity contribution is 7.99. The summed E-state index contributed by atoms with van der Waals surface area (Å²) in [6, 6.07) is 4.44. The second-order valence-corrected chi connectivity index (χ2v) is 10.2. The first-order valence-corrected chi connectivity index (χ1v) is 10.8. The van der Waals surface area contributed by atoms with Crippen LogP contribution in [-0.2, 0) is 14.3 Å². The number of nitrogens with one attached hydrogen (secondary N) is 1. The molecule has 10 heteroatoms. The van der Waals surface area contributed by atoms with Gasteiger partial charge in [0, 0.05) is 28.4 Å². The van der Waals surface area contributed by atoms with Crippen molar-refractivity contribution in [3.05, 3.63) is 29.6 Å². The maximum absolute atomic E-state index is 13.5. The molecule has 2 aliphatic rings. The zero-order chi connectivity index (χ0) is 23.3. The number of carbonyl (C=O) groups excluding carboxylic acids is 1. The van der Waals surface area contributed by atoms with Crippen molar-refractivity contribution in [2.24, 2.45) is 23.7 Å². The van der Waals surface area contributed by atoms with Gasteiger partial charge in [-0.2, -0.15) is 0 Å². The quantitative estimate of drug-likeness (QED) is 0.481. The number of halogens is 1. The summed E-state index contributed by atoms with van der Waals surface area (Å²) in [5, 5.41) is 32.9. The highest BCUT2D eigenvalue weighted by Crippen LogP contribution is 2.65. The van der Waals surface area contributed by atoms with E-state index in [0.717, 1.165) is 0 Å². The normalized spacial score (nSPS) is 31.6. The lowest BCUT2D eigenvalue weighted by Gasteiger charge is -2.37. The third-order valence-corrected chi connectivity index (χ3v) is 7.01. The van der Waals surface area contributed by atoms with Gasteiger partial charge in [0.2, 0.25) is 0 Å². The number of carboxylic acids is 2. The zero-order valence-corrected chi connectivity index (χ0v) is 18.4. The van der Waals surface area contributed by atoms with Crippen LogP contribution in [0.3, 0.4) is 0 Å². The molecular formula is C21H26FNO7S. The van der Waals surface area contributed by atoms with Crippen molar-refractivity contribution in [2.45, 2.75) is 49.8 Å². The predicted octanol–water partition coefficient (Wildman–Crippen LogP) is 2.51. The molecular weight excluding hydrogens is 429 g/mol. The topological polar surface area (TPSA) is 133 Å². The number of hydrogen-bond donors (Lipinski definition) is 4. The second kappa shape index (κ2) is 7.98. The first-order chi connectivity index (χ1) is 14.3. The lowest BCUT2D eigenvalue weighted by atomic mass is 9.80. The second-order valence-electron chi connectivity index (χ2n) is 9.09. The summed E-state index contributed by atoms with van der Waals surface area (Å²) in [6.45, 7) is 6.46. The molecule has 0 spiro atoms. The van der Waals surface area contributed by atoms with Gasteiger partial charge < -0.3 is 25.4 Å². The van der Waals surface area contributed by atoms with Crippen LogP contribution in [0.5, 0.6) is 0 Å². The van der Waals surface area contributed by atoms with Gasteiger partial charge in [-0.1, -0.05) is 0 Å². The first kappa shape index (κ1) is 23.3. The SMILES string of the molecule is Cc1cc(SCC2C(O)C3C(C(=O)O)C3C2(NC(=O)OC(C)(C)C)C(=O)O)ccc1F. The number of ether oxygens (including phenoxy) is 1. The Morgan fingerprint density at radius 1 is 1.26 bits per heavy atom. The zero-order valence-electron chi connectivity index (χ0n) is 17.6. The minimum absolute atomic E-state index is 0.0771. The molecule has 2 saturated carbocycles. The number of fused-ring (bicyclic) bond motifs is 1. The van der Waals surface area contributed by atoms with Crippen molar-refractivity contribution in [3.8, 4) is 0 Å². The molecule has 31 heavy (non-hydrogen) atoms. The molecule has 1 amide bonds. The molecule has 170 valence electrons. The molecule has 0 aliphatic heterocycles. The van der Waals surface area contributed by atoms with E-state index in [2.05, 4.69) is 5.32 Å². The minimum atomic E-state index is -2.00. The van der Waals surface area contributed by atoms with E-state index in [0.29, 0.717) is 10.5 Å². The molecule has 0 saturated heterocycles. The molecule has 0 bridgehead atoms. The van der Waals surface area contributed by atoms with E-state index < -0.39 is 58.9 Å². The Hall–Kier alpha value is -2.33. The van der Waals surface area contributed by atoms with Gasteiger partial charge in [-0.05, 0) is 51.5 Å². The Balaban J connectivity index is 1.91. The standard InChI is InChI=1S/C21H26FNO7S/c1-9-7-10(5-6-12(9)22)31-8-11-16(24)13-14(17(25)26)15(13)21(11,18(27)28)23-19(29)30-20(2,3)4/h5-7,11,13-16,24H,8H2,1-4H3,(H,23,29)(H,25,26)(H,27,28). The molecule has 2 aliphatic carbocycles. The number of rotatable bonds is 6. The van der Waals surface area contributed by atoms with Gasteiger partial charge in [0.25, 0.3) is 0 Å². The van der Waals surface area contributed by atoms with Gasteiger partial charge in [-0.3, -0.25) is 4.79 Å². The maximum atomic E-state index is 13.5. The van der Waals surface area contributed by atoms with Gasteiger partial charge in [0.05, 0.1) is 12.0 Å². The van der Waals surface area contributed by atoms with Gasteiger partial charge >= 0.3 is 18.0 Å². The molecule has 3 rings (SSSR count). The lowest BCUT2D eigenvalue weighted by molar-refractivity contribution is -0.150. The Kier molecular flexibility index (Phi) is 6.01. The van der Waals surface area contributed by atoms with Crippen LogP contribution in [0.25, 0.3) is 0 Å². The van der Waals surface area contributed by atoms with Crippen LogP contribution >= 0.6 is 11.8 Å². The van der Waals surface area contributed by atoms with Crippen LogP contribution < -0.4 is 5.32 Å². The Morgan fingerprint density at radius 2 is 1.90 bits per heavy atom. The van der Waals surface area contributed by atoms with Gasteiger partial charge in [-0.25, -0.2) is 14.0 Å². The average molecular weight is 456 g/mol. The summed E-state index contributed by atoms with van der Waals surface area (Å²) < 4.78 is 18.8. The fraction of sp³-hybridized carbons (Fsp3) is 0.571. The fourth-order valence-corrected chi connectivity index (χ4v) is 5.83. The number of carboxylic acid groups (broad SMARTS) is 2. The molecule has 0 aromatic heterocycles. The van der Waals surface area contributed by atoms with Crippen LogP contribution in [0.4, 0.5) is 9.18 Å². The number of thioether (sulfide) groups is 1. The molecule has 1 aromatic carbocycles. The summed E-state index contributed by atoms with van der Waals surface area (Å²) >= 11 is 1.21. The number of aliphatic hydroxyl groups excluding tert-OH is 1. The lowest BCUT2D eigenvalue weighted by Crippen LogP contribution is -2.63. The molecule has 6 unspecified atom stereocenters. The number of amides is 1.